The first kappa shape index (κ1) is 27.2. The number of anilines is 1. The largest absolute Gasteiger partial charge is 0.485 e. The second-order valence-electron chi connectivity index (χ2n) is 8.98. The van der Waals surface area contributed by atoms with Crippen LogP contribution in [0.1, 0.15) is 48.2 Å². The normalized spacial score (nSPS) is 12.8. The lowest BCUT2D eigenvalue weighted by Gasteiger charge is -2.29. The van der Waals surface area contributed by atoms with Gasteiger partial charge in [0.15, 0.2) is 19.0 Å². The molecule has 2 aromatic carbocycles. The molecule has 0 saturated carbocycles. The summed E-state index contributed by atoms with van der Waals surface area (Å²) in [5.41, 5.74) is 3.00. The van der Waals surface area contributed by atoms with Crippen molar-refractivity contribution in [1.29, 1.82) is 0 Å². The minimum absolute atomic E-state index is 0.0318. The van der Waals surface area contributed by atoms with Crippen molar-refractivity contribution >= 4 is 23.3 Å². The lowest BCUT2D eigenvalue weighted by molar-refractivity contribution is -0.122. The molecule has 2 amide bonds. The average Bonchev–Trinajstić information content (AvgIpc) is 2.88. The second-order valence-corrected chi connectivity index (χ2v) is 8.98. The molecule has 1 heterocycles. The van der Waals surface area contributed by atoms with E-state index >= 15 is 0 Å². The predicted octanol–water partition coefficient (Wildman–Crippen LogP) is 3.53. The molecule has 1 aliphatic heterocycles. The monoisotopic (exact) mass is 495 g/mol. The van der Waals surface area contributed by atoms with Crippen LogP contribution < -0.4 is 19.7 Å². The minimum Gasteiger partial charge on any atom is -0.485 e. The molecule has 8 nitrogen and oxygen atoms in total. The zero-order chi connectivity index (χ0) is 26.1. The summed E-state index contributed by atoms with van der Waals surface area (Å²) >= 11 is 0. The number of ketones is 1. The topological polar surface area (TPSA) is 88.2 Å². The summed E-state index contributed by atoms with van der Waals surface area (Å²) in [6.45, 7) is 11.6. The van der Waals surface area contributed by atoms with Gasteiger partial charge in [0.05, 0.1) is 5.69 Å². The maximum absolute atomic E-state index is 12.9. The number of fused-ring (bicyclic) bond motifs is 1. The Balaban J connectivity index is 1.58. The van der Waals surface area contributed by atoms with Gasteiger partial charge in [0, 0.05) is 31.6 Å². The van der Waals surface area contributed by atoms with Crippen LogP contribution in [0.5, 0.6) is 11.5 Å². The first-order valence-corrected chi connectivity index (χ1v) is 12.6. The van der Waals surface area contributed by atoms with Gasteiger partial charge in [-0.2, -0.15) is 0 Å². The van der Waals surface area contributed by atoms with Crippen LogP contribution in [0.2, 0.25) is 0 Å². The highest BCUT2D eigenvalue weighted by molar-refractivity contribution is 6.02. The molecule has 1 aliphatic rings. The van der Waals surface area contributed by atoms with E-state index in [-0.39, 0.29) is 30.8 Å². The number of aryl methyl sites for hydroxylation is 2. The van der Waals surface area contributed by atoms with Gasteiger partial charge < -0.3 is 24.6 Å². The number of rotatable bonds is 13. The van der Waals surface area contributed by atoms with Crippen molar-refractivity contribution < 1.29 is 23.9 Å². The van der Waals surface area contributed by atoms with E-state index in [4.69, 9.17) is 9.47 Å². The Morgan fingerprint density at radius 2 is 1.89 bits per heavy atom. The van der Waals surface area contributed by atoms with Gasteiger partial charge in [0.25, 0.3) is 5.91 Å². The highest BCUT2D eigenvalue weighted by Crippen LogP contribution is 2.33. The molecule has 0 fully saturated rings. The van der Waals surface area contributed by atoms with E-state index in [1.54, 1.807) is 23.1 Å². The molecular weight excluding hydrogens is 458 g/mol. The fourth-order valence-electron chi connectivity index (χ4n) is 4.09. The highest BCUT2D eigenvalue weighted by Gasteiger charge is 2.26. The third-order valence-electron chi connectivity index (χ3n) is 6.36. The van der Waals surface area contributed by atoms with Crippen LogP contribution in [0.15, 0.2) is 36.4 Å². The molecule has 0 bridgehead atoms. The van der Waals surface area contributed by atoms with Crippen molar-refractivity contribution in [3.8, 4) is 11.5 Å². The molecule has 0 radical (unpaired) electrons. The third-order valence-corrected chi connectivity index (χ3v) is 6.36. The van der Waals surface area contributed by atoms with Crippen molar-refractivity contribution in [1.82, 2.24) is 10.2 Å². The zero-order valence-electron chi connectivity index (χ0n) is 21.8. The number of ether oxygens (including phenoxy) is 2. The summed E-state index contributed by atoms with van der Waals surface area (Å²) in [6.07, 6.45) is 0.830. The molecule has 0 atom stereocenters. The predicted molar refractivity (Wildman–Crippen MR) is 140 cm³/mol. The maximum Gasteiger partial charge on any atom is 0.265 e. The SMILES string of the molecule is CCN(CC)CCNC(=O)CCCN1C(=O)COc2ccc(C(=O)COc3cc(C)ccc3C)cc21. The van der Waals surface area contributed by atoms with Crippen LogP contribution in [0.3, 0.4) is 0 Å². The van der Waals surface area contributed by atoms with Crippen molar-refractivity contribution in [2.24, 2.45) is 0 Å². The van der Waals surface area contributed by atoms with Crippen molar-refractivity contribution in [2.75, 3.05) is 50.8 Å². The van der Waals surface area contributed by atoms with E-state index in [9.17, 15) is 14.4 Å². The maximum atomic E-state index is 12.9. The molecule has 0 unspecified atom stereocenters. The quantitative estimate of drug-likeness (QED) is 0.428. The van der Waals surface area contributed by atoms with Gasteiger partial charge in [-0.25, -0.2) is 0 Å². The van der Waals surface area contributed by atoms with Crippen molar-refractivity contribution in [3.63, 3.8) is 0 Å². The Hall–Kier alpha value is -3.39. The first-order valence-electron chi connectivity index (χ1n) is 12.6. The Kier molecular flexibility index (Phi) is 9.87. The molecule has 0 aromatic heterocycles. The summed E-state index contributed by atoms with van der Waals surface area (Å²) in [5.74, 6) is 0.808. The summed E-state index contributed by atoms with van der Waals surface area (Å²) in [6, 6.07) is 10.9. The van der Waals surface area contributed by atoms with E-state index < -0.39 is 0 Å². The number of carbonyl (C=O) groups excluding carboxylic acids is 3. The minimum atomic E-state index is -0.194. The highest BCUT2D eigenvalue weighted by atomic mass is 16.5. The van der Waals surface area contributed by atoms with Crippen LogP contribution in [0.4, 0.5) is 5.69 Å². The zero-order valence-corrected chi connectivity index (χ0v) is 21.8. The van der Waals surface area contributed by atoms with Crippen LogP contribution in [-0.2, 0) is 9.59 Å². The van der Waals surface area contributed by atoms with Gasteiger partial charge in [0.2, 0.25) is 5.91 Å². The summed E-state index contributed by atoms with van der Waals surface area (Å²) in [4.78, 5) is 41.5. The Morgan fingerprint density at radius 1 is 1.11 bits per heavy atom. The molecule has 0 saturated heterocycles. The summed E-state index contributed by atoms with van der Waals surface area (Å²) < 4.78 is 11.3. The fourth-order valence-corrected chi connectivity index (χ4v) is 4.09. The lowest BCUT2D eigenvalue weighted by atomic mass is 10.1. The molecule has 8 heteroatoms. The molecule has 3 rings (SSSR count). The van der Waals surface area contributed by atoms with Crippen LogP contribution in [0.25, 0.3) is 0 Å². The van der Waals surface area contributed by atoms with E-state index in [0.717, 1.165) is 30.8 Å². The molecule has 194 valence electrons. The van der Waals surface area contributed by atoms with Gasteiger partial charge in [-0.05, 0) is 68.8 Å². The number of carbonyl (C=O) groups is 3. The molecule has 0 aliphatic carbocycles. The smallest absolute Gasteiger partial charge is 0.265 e. The van der Waals surface area contributed by atoms with Gasteiger partial charge >= 0.3 is 0 Å². The van der Waals surface area contributed by atoms with Crippen LogP contribution in [0, 0.1) is 13.8 Å². The number of likely N-dealkylation sites (N-methyl/N-ethyl adjacent to an activating group) is 1. The standard InChI is InChI=1S/C28H37N3O5/c1-5-30(6-2)15-13-29-27(33)8-7-14-31-23-17-22(11-12-25(23)36-19-28(31)34)24(32)18-35-26-16-20(3)9-10-21(26)4/h9-12,16-17H,5-8,13-15,18-19H2,1-4H3,(H,29,33). The number of hydrogen-bond acceptors (Lipinski definition) is 6. The summed E-state index contributed by atoms with van der Waals surface area (Å²) in [5, 5.41) is 2.94. The summed E-state index contributed by atoms with van der Waals surface area (Å²) in [7, 11) is 0. The fraction of sp³-hybridized carbons (Fsp3) is 0.464. The van der Waals surface area contributed by atoms with Gasteiger partial charge in [-0.3, -0.25) is 14.4 Å². The second kappa shape index (κ2) is 13.1. The molecule has 36 heavy (non-hydrogen) atoms. The van der Waals surface area contributed by atoms with Gasteiger partial charge in [-0.15, -0.1) is 0 Å². The molecule has 0 spiro atoms. The molecular formula is C28H37N3O5. The first-order chi connectivity index (χ1) is 17.3. The number of nitrogens with one attached hydrogen (secondary N) is 1. The van der Waals surface area contributed by atoms with E-state index in [1.807, 2.05) is 32.0 Å². The Morgan fingerprint density at radius 3 is 2.64 bits per heavy atom. The molecule has 1 N–H and O–H groups in total. The van der Waals surface area contributed by atoms with Gasteiger partial charge in [0.1, 0.15) is 11.5 Å². The number of nitrogens with zero attached hydrogens (tertiary/aromatic N) is 2. The number of hydrogen-bond donors (Lipinski definition) is 1. The number of amides is 2. The molecule has 2 aromatic rings. The lowest BCUT2D eigenvalue weighted by Crippen LogP contribution is -2.40. The number of benzene rings is 2. The van der Waals surface area contributed by atoms with E-state index in [1.165, 1.54) is 0 Å². The average molecular weight is 496 g/mol. The third kappa shape index (κ3) is 7.31. The van der Waals surface area contributed by atoms with Crippen molar-refractivity contribution in [3.05, 3.63) is 53.1 Å². The van der Waals surface area contributed by atoms with E-state index in [2.05, 4.69) is 24.1 Å². The van der Waals surface area contributed by atoms with Crippen LogP contribution >= 0.6 is 0 Å². The van der Waals surface area contributed by atoms with Crippen LogP contribution in [-0.4, -0.2) is 68.4 Å². The van der Waals surface area contributed by atoms with Crippen molar-refractivity contribution in [2.45, 2.75) is 40.5 Å². The van der Waals surface area contributed by atoms with E-state index in [0.29, 0.717) is 48.7 Å². The number of Topliss-reactive ketones (excluding diaryl/α,β-unsaturated/α-hetero) is 1. The Labute approximate surface area is 213 Å². The Bertz CT molecular complexity index is 1080. The van der Waals surface area contributed by atoms with Gasteiger partial charge in [-0.1, -0.05) is 26.0 Å².